The maximum absolute atomic E-state index is 13.9. The van der Waals surface area contributed by atoms with Crippen molar-refractivity contribution in [2.75, 3.05) is 13.1 Å². The van der Waals surface area contributed by atoms with Gasteiger partial charge in [0, 0.05) is 18.7 Å². The van der Waals surface area contributed by atoms with Crippen LogP contribution in [0, 0.1) is 18.7 Å². The average Bonchev–Trinajstić information content (AvgIpc) is 3.25. The van der Waals surface area contributed by atoms with E-state index < -0.39 is 15.8 Å². The molecule has 2 rings (SSSR count). The van der Waals surface area contributed by atoms with Gasteiger partial charge in [0.15, 0.2) is 0 Å². The molecule has 0 unspecified atom stereocenters. The third kappa shape index (κ3) is 3.62. The Morgan fingerprint density at radius 2 is 2.05 bits per heavy atom. The van der Waals surface area contributed by atoms with E-state index in [0.29, 0.717) is 25.4 Å². The molecule has 0 aliphatic heterocycles. The first kappa shape index (κ1) is 16.4. The van der Waals surface area contributed by atoms with E-state index in [1.54, 1.807) is 0 Å². The van der Waals surface area contributed by atoms with Gasteiger partial charge in [-0.15, -0.1) is 0 Å². The van der Waals surface area contributed by atoms with Gasteiger partial charge < -0.3 is 5.11 Å². The van der Waals surface area contributed by atoms with Gasteiger partial charge in [0.05, 0.1) is 11.5 Å². The van der Waals surface area contributed by atoms with Crippen molar-refractivity contribution in [2.45, 2.75) is 44.6 Å². The van der Waals surface area contributed by atoms with Crippen molar-refractivity contribution in [2.24, 2.45) is 5.92 Å². The highest BCUT2D eigenvalue weighted by molar-refractivity contribution is 7.89. The lowest BCUT2D eigenvalue weighted by Gasteiger charge is -2.23. The second kappa shape index (κ2) is 6.42. The van der Waals surface area contributed by atoms with Crippen LogP contribution >= 0.6 is 0 Å². The number of rotatable bonds is 7. The van der Waals surface area contributed by atoms with Crippen LogP contribution in [-0.2, 0) is 16.6 Å². The quantitative estimate of drug-likeness (QED) is 0.841. The maximum Gasteiger partial charge on any atom is 0.243 e. The fraction of sp³-hybridized carbons (Fsp3) is 0.600. The van der Waals surface area contributed by atoms with Crippen molar-refractivity contribution < 1.29 is 17.9 Å². The minimum absolute atomic E-state index is 0.0272. The second-order valence-electron chi connectivity index (χ2n) is 5.67. The first-order valence-electron chi connectivity index (χ1n) is 7.30. The molecule has 1 saturated carbocycles. The van der Waals surface area contributed by atoms with Gasteiger partial charge in [0.25, 0.3) is 0 Å². The summed E-state index contributed by atoms with van der Waals surface area (Å²) in [5, 5.41) is 9.17. The summed E-state index contributed by atoms with van der Waals surface area (Å²) in [4.78, 5) is -0.0272. The summed E-state index contributed by atoms with van der Waals surface area (Å²) >= 11 is 0. The lowest BCUT2D eigenvalue weighted by Crippen LogP contribution is -2.34. The Kier molecular flexibility index (Phi) is 5.01. The standard InChI is InChI=1S/C15H22FNO3S/c1-3-6-17(9-12-4-5-12)21(19,20)15-8-13(10-18)7-14(16)11(15)2/h7-8,12,18H,3-6,9-10H2,1-2H3. The highest BCUT2D eigenvalue weighted by Crippen LogP contribution is 2.32. The predicted octanol–water partition coefficient (Wildman–Crippen LogP) is 2.44. The molecule has 0 saturated heterocycles. The Balaban J connectivity index is 2.42. The Morgan fingerprint density at radius 1 is 1.38 bits per heavy atom. The molecular formula is C15H22FNO3S. The molecule has 4 nitrogen and oxygen atoms in total. The highest BCUT2D eigenvalue weighted by Gasteiger charge is 2.32. The molecular weight excluding hydrogens is 293 g/mol. The Bertz CT molecular complexity index is 612. The van der Waals surface area contributed by atoms with Gasteiger partial charge in [-0.3, -0.25) is 0 Å². The van der Waals surface area contributed by atoms with E-state index in [2.05, 4.69) is 0 Å². The van der Waals surface area contributed by atoms with E-state index >= 15 is 0 Å². The minimum atomic E-state index is -3.72. The van der Waals surface area contributed by atoms with E-state index in [1.807, 2.05) is 6.92 Å². The largest absolute Gasteiger partial charge is 0.392 e. The van der Waals surface area contributed by atoms with Crippen molar-refractivity contribution in [3.8, 4) is 0 Å². The molecule has 1 aliphatic rings. The topological polar surface area (TPSA) is 57.6 Å². The Labute approximate surface area is 125 Å². The van der Waals surface area contributed by atoms with Gasteiger partial charge in [-0.2, -0.15) is 4.31 Å². The molecule has 0 amide bonds. The molecule has 0 radical (unpaired) electrons. The van der Waals surface area contributed by atoms with Crippen LogP contribution in [0.15, 0.2) is 17.0 Å². The number of nitrogens with zero attached hydrogens (tertiary/aromatic N) is 1. The molecule has 21 heavy (non-hydrogen) atoms. The van der Waals surface area contributed by atoms with Crippen LogP contribution in [0.2, 0.25) is 0 Å². The van der Waals surface area contributed by atoms with Gasteiger partial charge in [0.2, 0.25) is 10.0 Å². The van der Waals surface area contributed by atoms with Crippen LogP contribution in [-0.4, -0.2) is 30.9 Å². The molecule has 0 aromatic heterocycles. The molecule has 0 atom stereocenters. The average molecular weight is 315 g/mol. The Morgan fingerprint density at radius 3 is 2.57 bits per heavy atom. The number of benzene rings is 1. The lowest BCUT2D eigenvalue weighted by atomic mass is 10.1. The zero-order valence-electron chi connectivity index (χ0n) is 12.5. The molecule has 0 spiro atoms. The zero-order chi connectivity index (χ0) is 15.6. The molecule has 1 aliphatic carbocycles. The monoisotopic (exact) mass is 315 g/mol. The number of aliphatic hydroxyl groups excluding tert-OH is 1. The van der Waals surface area contributed by atoms with Crippen LogP contribution < -0.4 is 0 Å². The van der Waals surface area contributed by atoms with E-state index in [1.165, 1.54) is 23.4 Å². The lowest BCUT2D eigenvalue weighted by molar-refractivity contribution is 0.280. The van der Waals surface area contributed by atoms with Gasteiger partial charge >= 0.3 is 0 Å². The van der Waals surface area contributed by atoms with Crippen LogP contribution in [0.25, 0.3) is 0 Å². The molecule has 1 aromatic rings. The number of hydrogen-bond acceptors (Lipinski definition) is 3. The predicted molar refractivity (Wildman–Crippen MR) is 78.8 cm³/mol. The van der Waals surface area contributed by atoms with Crippen molar-refractivity contribution in [1.29, 1.82) is 0 Å². The first-order valence-corrected chi connectivity index (χ1v) is 8.74. The van der Waals surface area contributed by atoms with E-state index in [9.17, 15) is 12.8 Å². The van der Waals surface area contributed by atoms with E-state index in [4.69, 9.17) is 5.11 Å². The van der Waals surface area contributed by atoms with E-state index in [0.717, 1.165) is 12.8 Å². The number of sulfonamides is 1. The van der Waals surface area contributed by atoms with Crippen LogP contribution in [0.1, 0.15) is 37.3 Å². The van der Waals surface area contributed by atoms with Crippen molar-refractivity contribution in [3.05, 3.63) is 29.1 Å². The van der Waals surface area contributed by atoms with E-state index in [-0.39, 0.29) is 22.6 Å². The SMILES string of the molecule is CCCN(CC1CC1)S(=O)(=O)c1cc(CO)cc(F)c1C. The summed E-state index contributed by atoms with van der Waals surface area (Å²) in [6.45, 7) is 3.94. The fourth-order valence-electron chi connectivity index (χ4n) is 2.35. The third-order valence-corrected chi connectivity index (χ3v) is 5.78. The smallest absolute Gasteiger partial charge is 0.243 e. The molecule has 0 heterocycles. The molecule has 0 bridgehead atoms. The normalized spacial score (nSPS) is 15.7. The fourth-order valence-corrected chi connectivity index (χ4v) is 4.25. The highest BCUT2D eigenvalue weighted by atomic mass is 32.2. The summed E-state index contributed by atoms with van der Waals surface area (Å²) < 4.78 is 40.9. The number of hydrogen-bond donors (Lipinski definition) is 1. The number of aliphatic hydroxyl groups is 1. The minimum Gasteiger partial charge on any atom is -0.392 e. The third-order valence-electron chi connectivity index (χ3n) is 3.79. The van der Waals surface area contributed by atoms with Crippen LogP contribution in [0.4, 0.5) is 4.39 Å². The molecule has 1 fully saturated rings. The van der Waals surface area contributed by atoms with Gasteiger partial charge in [-0.25, -0.2) is 12.8 Å². The van der Waals surface area contributed by atoms with Gasteiger partial charge in [-0.1, -0.05) is 6.92 Å². The molecule has 6 heteroatoms. The zero-order valence-corrected chi connectivity index (χ0v) is 13.3. The second-order valence-corrected chi connectivity index (χ2v) is 7.57. The van der Waals surface area contributed by atoms with Gasteiger partial charge in [-0.05, 0) is 49.8 Å². The first-order chi connectivity index (χ1) is 9.90. The van der Waals surface area contributed by atoms with Crippen molar-refractivity contribution >= 4 is 10.0 Å². The molecule has 1 N–H and O–H groups in total. The van der Waals surface area contributed by atoms with Crippen LogP contribution in [0.3, 0.4) is 0 Å². The summed E-state index contributed by atoms with van der Waals surface area (Å²) in [6.07, 6.45) is 2.83. The molecule has 1 aromatic carbocycles. The summed E-state index contributed by atoms with van der Waals surface area (Å²) in [5.41, 5.74) is 0.392. The van der Waals surface area contributed by atoms with Crippen molar-refractivity contribution in [1.82, 2.24) is 4.31 Å². The Hall–Kier alpha value is -0.980. The maximum atomic E-state index is 13.9. The van der Waals surface area contributed by atoms with Crippen molar-refractivity contribution in [3.63, 3.8) is 0 Å². The summed E-state index contributed by atoms with van der Waals surface area (Å²) in [7, 11) is -3.72. The molecule has 118 valence electrons. The van der Waals surface area contributed by atoms with Crippen LogP contribution in [0.5, 0.6) is 0 Å². The summed E-state index contributed by atoms with van der Waals surface area (Å²) in [5.74, 6) is -0.166. The van der Waals surface area contributed by atoms with Gasteiger partial charge in [0.1, 0.15) is 5.82 Å². The number of halogens is 1. The summed E-state index contributed by atoms with van der Waals surface area (Å²) in [6, 6.07) is 2.56.